The summed E-state index contributed by atoms with van der Waals surface area (Å²) < 4.78 is 39.7. The van der Waals surface area contributed by atoms with Gasteiger partial charge in [0.05, 0.1) is 4.90 Å². The average Bonchev–Trinajstić information content (AvgIpc) is 2.86. The molecule has 6 heteroatoms. The van der Waals surface area contributed by atoms with Crippen LogP contribution in [0.1, 0.15) is 5.56 Å². The van der Waals surface area contributed by atoms with Gasteiger partial charge in [0.15, 0.2) is 0 Å². The Balaban J connectivity index is 1.88. The van der Waals surface area contributed by atoms with E-state index in [2.05, 4.69) is 10.0 Å². The van der Waals surface area contributed by atoms with Gasteiger partial charge in [-0.15, -0.1) is 0 Å². The van der Waals surface area contributed by atoms with Crippen LogP contribution in [0.4, 0.5) is 15.8 Å². The van der Waals surface area contributed by atoms with Crippen LogP contribution in [0.3, 0.4) is 0 Å². The van der Waals surface area contributed by atoms with Crippen molar-refractivity contribution in [1.82, 2.24) is 0 Å². The molecule has 3 rings (SSSR count). The molecular formula is C14H13FN2O2S. The summed E-state index contributed by atoms with van der Waals surface area (Å²) in [4.78, 5) is 0.0394. The lowest BCUT2D eigenvalue weighted by molar-refractivity contribution is 0.599. The number of sulfonamides is 1. The minimum absolute atomic E-state index is 0.0394. The van der Waals surface area contributed by atoms with Crippen molar-refractivity contribution < 1.29 is 12.8 Å². The smallest absolute Gasteiger partial charge is 0.261 e. The second-order valence-corrected chi connectivity index (χ2v) is 6.29. The minimum Gasteiger partial charge on any atom is -0.384 e. The predicted octanol–water partition coefficient (Wildman–Crippen LogP) is 2.59. The molecule has 0 atom stereocenters. The molecule has 0 unspecified atom stereocenters. The van der Waals surface area contributed by atoms with Gasteiger partial charge in [-0.1, -0.05) is 0 Å². The Labute approximate surface area is 116 Å². The Morgan fingerprint density at radius 2 is 1.85 bits per heavy atom. The van der Waals surface area contributed by atoms with Crippen LogP contribution >= 0.6 is 0 Å². The highest BCUT2D eigenvalue weighted by Gasteiger charge is 2.16. The van der Waals surface area contributed by atoms with E-state index in [0.717, 1.165) is 36.3 Å². The SMILES string of the molecule is O=S(=O)(Nc1ccc2c(c1)CCN2)c1ccc(F)cc1. The molecule has 0 aliphatic carbocycles. The first-order chi connectivity index (χ1) is 9.54. The Kier molecular flexibility index (Phi) is 3.10. The van der Waals surface area contributed by atoms with Gasteiger partial charge in [-0.3, -0.25) is 4.72 Å². The van der Waals surface area contributed by atoms with Crippen LogP contribution in [0.25, 0.3) is 0 Å². The zero-order valence-corrected chi connectivity index (χ0v) is 11.4. The van der Waals surface area contributed by atoms with E-state index < -0.39 is 15.8 Å². The monoisotopic (exact) mass is 292 g/mol. The van der Waals surface area contributed by atoms with Crippen LogP contribution in [0.2, 0.25) is 0 Å². The van der Waals surface area contributed by atoms with Crippen molar-refractivity contribution in [1.29, 1.82) is 0 Å². The molecule has 20 heavy (non-hydrogen) atoms. The Bertz CT molecular complexity index is 742. The number of fused-ring (bicyclic) bond motifs is 1. The fraction of sp³-hybridized carbons (Fsp3) is 0.143. The van der Waals surface area contributed by atoms with Crippen molar-refractivity contribution in [3.8, 4) is 0 Å². The molecule has 0 fully saturated rings. The van der Waals surface area contributed by atoms with E-state index >= 15 is 0 Å². The third-order valence-corrected chi connectivity index (χ3v) is 4.59. The normalized spacial score (nSPS) is 13.7. The first-order valence-corrected chi connectivity index (χ1v) is 7.68. The van der Waals surface area contributed by atoms with E-state index in [1.807, 2.05) is 12.1 Å². The summed E-state index contributed by atoms with van der Waals surface area (Å²) in [5.41, 5.74) is 2.64. The molecule has 0 spiro atoms. The highest BCUT2D eigenvalue weighted by Crippen LogP contribution is 2.26. The van der Waals surface area contributed by atoms with Crippen LogP contribution < -0.4 is 10.0 Å². The molecular weight excluding hydrogens is 279 g/mol. The lowest BCUT2D eigenvalue weighted by Crippen LogP contribution is -2.13. The molecule has 2 aromatic rings. The zero-order valence-electron chi connectivity index (χ0n) is 10.6. The summed E-state index contributed by atoms with van der Waals surface area (Å²) in [5.74, 6) is -0.465. The van der Waals surface area contributed by atoms with Crippen molar-refractivity contribution in [2.75, 3.05) is 16.6 Å². The molecule has 2 aromatic carbocycles. The molecule has 2 N–H and O–H groups in total. The summed E-state index contributed by atoms with van der Waals surface area (Å²) in [6.07, 6.45) is 0.876. The van der Waals surface area contributed by atoms with Crippen LogP contribution in [0.5, 0.6) is 0 Å². The average molecular weight is 292 g/mol. The number of anilines is 2. The summed E-state index contributed by atoms with van der Waals surface area (Å²) in [6.45, 7) is 0.865. The number of hydrogen-bond acceptors (Lipinski definition) is 3. The first kappa shape index (κ1) is 12.9. The summed E-state index contributed by atoms with van der Waals surface area (Å²) in [7, 11) is -3.68. The van der Waals surface area contributed by atoms with E-state index in [9.17, 15) is 12.8 Å². The molecule has 1 aliphatic rings. The fourth-order valence-corrected chi connectivity index (χ4v) is 3.25. The molecule has 0 saturated carbocycles. The van der Waals surface area contributed by atoms with E-state index in [1.54, 1.807) is 6.07 Å². The van der Waals surface area contributed by atoms with Gasteiger partial charge in [0.2, 0.25) is 0 Å². The summed E-state index contributed by atoms with van der Waals surface area (Å²) >= 11 is 0. The van der Waals surface area contributed by atoms with E-state index in [1.165, 1.54) is 12.1 Å². The number of rotatable bonds is 3. The first-order valence-electron chi connectivity index (χ1n) is 6.20. The predicted molar refractivity (Wildman–Crippen MR) is 75.8 cm³/mol. The maximum atomic E-state index is 12.8. The Morgan fingerprint density at radius 1 is 1.10 bits per heavy atom. The van der Waals surface area contributed by atoms with Crippen LogP contribution in [0.15, 0.2) is 47.4 Å². The van der Waals surface area contributed by atoms with Crippen molar-refractivity contribution in [3.05, 3.63) is 53.8 Å². The van der Waals surface area contributed by atoms with Crippen molar-refractivity contribution in [2.45, 2.75) is 11.3 Å². The van der Waals surface area contributed by atoms with Gasteiger partial charge >= 0.3 is 0 Å². The number of benzene rings is 2. The van der Waals surface area contributed by atoms with Crippen molar-refractivity contribution in [3.63, 3.8) is 0 Å². The van der Waals surface area contributed by atoms with Crippen LogP contribution in [-0.2, 0) is 16.4 Å². The summed E-state index contributed by atoms with van der Waals surface area (Å²) in [6, 6.07) is 10.1. The van der Waals surface area contributed by atoms with Gasteiger partial charge in [0.1, 0.15) is 5.82 Å². The molecule has 104 valence electrons. The van der Waals surface area contributed by atoms with E-state index in [0.29, 0.717) is 5.69 Å². The molecule has 0 aromatic heterocycles. The van der Waals surface area contributed by atoms with Crippen molar-refractivity contribution in [2.24, 2.45) is 0 Å². The van der Waals surface area contributed by atoms with Gasteiger partial charge < -0.3 is 5.32 Å². The highest BCUT2D eigenvalue weighted by atomic mass is 32.2. The van der Waals surface area contributed by atoms with Gasteiger partial charge in [0.25, 0.3) is 10.0 Å². The molecule has 0 amide bonds. The molecule has 1 aliphatic heterocycles. The van der Waals surface area contributed by atoms with Crippen LogP contribution in [-0.4, -0.2) is 15.0 Å². The molecule has 0 radical (unpaired) electrons. The van der Waals surface area contributed by atoms with Gasteiger partial charge in [-0.2, -0.15) is 0 Å². The lowest BCUT2D eigenvalue weighted by atomic mass is 10.1. The zero-order chi connectivity index (χ0) is 14.2. The maximum absolute atomic E-state index is 12.8. The maximum Gasteiger partial charge on any atom is 0.261 e. The Morgan fingerprint density at radius 3 is 2.60 bits per heavy atom. The number of hydrogen-bond donors (Lipinski definition) is 2. The second kappa shape index (κ2) is 4.79. The number of halogens is 1. The van der Waals surface area contributed by atoms with Crippen molar-refractivity contribution >= 4 is 21.4 Å². The minimum atomic E-state index is -3.68. The fourth-order valence-electron chi connectivity index (χ4n) is 2.20. The molecule has 0 saturated heterocycles. The molecule has 1 heterocycles. The standard InChI is InChI=1S/C14H13FN2O2S/c15-11-1-4-13(5-2-11)20(18,19)17-12-3-6-14-10(9-12)7-8-16-14/h1-6,9,16-17H,7-8H2. The lowest BCUT2D eigenvalue weighted by Gasteiger charge is -2.09. The molecule has 0 bridgehead atoms. The third kappa shape index (κ3) is 2.46. The van der Waals surface area contributed by atoms with Gasteiger partial charge in [-0.05, 0) is 54.4 Å². The van der Waals surface area contributed by atoms with Gasteiger partial charge in [0, 0.05) is 17.9 Å². The van der Waals surface area contributed by atoms with E-state index in [4.69, 9.17) is 0 Å². The quantitative estimate of drug-likeness (QED) is 0.914. The topological polar surface area (TPSA) is 58.2 Å². The highest BCUT2D eigenvalue weighted by molar-refractivity contribution is 7.92. The van der Waals surface area contributed by atoms with E-state index in [-0.39, 0.29) is 4.90 Å². The number of nitrogens with one attached hydrogen (secondary N) is 2. The third-order valence-electron chi connectivity index (χ3n) is 3.19. The molecule has 4 nitrogen and oxygen atoms in total. The Hall–Kier alpha value is -2.08. The summed E-state index contributed by atoms with van der Waals surface area (Å²) in [5, 5.41) is 3.21. The largest absolute Gasteiger partial charge is 0.384 e. The van der Waals surface area contributed by atoms with Gasteiger partial charge in [-0.25, -0.2) is 12.8 Å². The van der Waals surface area contributed by atoms with Crippen LogP contribution in [0, 0.1) is 5.82 Å². The second-order valence-electron chi connectivity index (χ2n) is 4.61.